The summed E-state index contributed by atoms with van der Waals surface area (Å²) in [5, 5.41) is 8.42. The van der Waals surface area contributed by atoms with Crippen molar-refractivity contribution < 1.29 is 9.53 Å². The van der Waals surface area contributed by atoms with Crippen LogP contribution in [-0.4, -0.2) is 50.1 Å². The van der Waals surface area contributed by atoms with Crippen LogP contribution in [0.1, 0.15) is 16.9 Å². The van der Waals surface area contributed by atoms with E-state index in [1.165, 1.54) is 10.4 Å². The third-order valence-corrected chi connectivity index (χ3v) is 5.44. The average molecular weight is 387 g/mol. The molecule has 1 aliphatic rings. The van der Waals surface area contributed by atoms with Gasteiger partial charge in [-0.15, -0.1) is 11.3 Å². The molecular formula is C20H26N4O2S. The minimum absolute atomic E-state index is 0.0993. The minimum Gasteiger partial charge on any atom is -0.494 e. The van der Waals surface area contributed by atoms with E-state index in [0.717, 1.165) is 31.7 Å². The number of fused-ring (bicyclic) bond motifs is 1. The van der Waals surface area contributed by atoms with Crippen molar-refractivity contribution >= 4 is 23.2 Å². The number of aliphatic imine (C=N–C) groups is 1. The summed E-state index contributed by atoms with van der Waals surface area (Å²) in [6, 6.07) is 11.9. The van der Waals surface area contributed by atoms with Crippen molar-refractivity contribution in [3.63, 3.8) is 0 Å². The number of ether oxygens (including phenoxy) is 1. The molecule has 0 fully saturated rings. The van der Waals surface area contributed by atoms with Crippen molar-refractivity contribution in [2.24, 2.45) is 4.99 Å². The molecule has 0 spiro atoms. The second-order valence-electron chi connectivity index (χ2n) is 6.30. The molecule has 0 atom stereocenters. The molecular weight excluding hydrogens is 360 g/mol. The molecule has 27 heavy (non-hydrogen) atoms. The van der Waals surface area contributed by atoms with E-state index in [0.29, 0.717) is 19.1 Å². The normalized spacial score (nSPS) is 13.8. The zero-order valence-electron chi connectivity index (χ0n) is 15.6. The van der Waals surface area contributed by atoms with Gasteiger partial charge < -0.3 is 20.3 Å². The summed E-state index contributed by atoms with van der Waals surface area (Å²) in [6.45, 7) is 3.10. The Morgan fingerprint density at radius 1 is 1.26 bits per heavy atom. The Balaban J connectivity index is 1.32. The predicted molar refractivity (Wildman–Crippen MR) is 109 cm³/mol. The molecule has 144 valence electrons. The van der Waals surface area contributed by atoms with E-state index in [1.807, 2.05) is 35.2 Å². The SMILES string of the molecule is CN=C(NCCCOc1ccccc1)NCC(=O)N1CCc2sccc2C1. The first-order valence-electron chi connectivity index (χ1n) is 9.21. The third-order valence-electron chi connectivity index (χ3n) is 4.42. The Labute approximate surface area is 164 Å². The van der Waals surface area contributed by atoms with E-state index < -0.39 is 0 Å². The smallest absolute Gasteiger partial charge is 0.242 e. The van der Waals surface area contributed by atoms with Crippen LogP contribution in [0.3, 0.4) is 0 Å². The van der Waals surface area contributed by atoms with Crippen molar-refractivity contribution in [1.29, 1.82) is 0 Å². The zero-order chi connectivity index (χ0) is 18.9. The van der Waals surface area contributed by atoms with Crippen LogP contribution in [0.4, 0.5) is 0 Å². The van der Waals surface area contributed by atoms with Crippen LogP contribution in [0.2, 0.25) is 0 Å². The number of carbonyl (C=O) groups excluding carboxylic acids is 1. The Bertz CT molecular complexity index is 760. The first-order valence-corrected chi connectivity index (χ1v) is 10.1. The number of hydrogen-bond donors (Lipinski definition) is 2. The van der Waals surface area contributed by atoms with Gasteiger partial charge >= 0.3 is 0 Å². The summed E-state index contributed by atoms with van der Waals surface area (Å²) in [5.41, 5.74) is 1.28. The number of rotatable bonds is 7. The molecule has 1 aromatic carbocycles. The van der Waals surface area contributed by atoms with Gasteiger partial charge in [-0.3, -0.25) is 9.79 Å². The van der Waals surface area contributed by atoms with Gasteiger partial charge in [-0.1, -0.05) is 18.2 Å². The fourth-order valence-electron chi connectivity index (χ4n) is 2.94. The van der Waals surface area contributed by atoms with Gasteiger partial charge in [0.25, 0.3) is 0 Å². The quantitative estimate of drug-likeness (QED) is 0.435. The maximum atomic E-state index is 12.4. The second-order valence-corrected chi connectivity index (χ2v) is 7.30. The average Bonchev–Trinajstić information content (AvgIpc) is 3.18. The number of guanidine groups is 1. The highest BCUT2D eigenvalue weighted by Gasteiger charge is 2.21. The Hall–Kier alpha value is -2.54. The molecule has 7 heteroatoms. The summed E-state index contributed by atoms with van der Waals surface area (Å²) >= 11 is 1.78. The molecule has 1 aromatic heterocycles. The van der Waals surface area contributed by atoms with Crippen LogP contribution < -0.4 is 15.4 Å². The fourth-order valence-corrected chi connectivity index (χ4v) is 3.83. The fraction of sp³-hybridized carbons (Fsp3) is 0.400. The standard InChI is InChI=1S/C20H26N4O2S/c1-21-20(22-10-5-12-26-17-6-3-2-4-7-17)23-14-19(25)24-11-8-18-16(15-24)9-13-27-18/h2-4,6-7,9,13H,5,8,10-12,14-15H2,1H3,(H2,21,22,23). The van der Waals surface area contributed by atoms with Crippen LogP contribution in [0.5, 0.6) is 5.75 Å². The maximum Gasteiger partial charge on any atom is 0.242 e. The highest BCUT2D eigenvalue weighted by Crippen LogP contribution is 2.23. The number of nitrogens with zero attached hydrogens (tertiary/aromatic N) is 2. The van der Waals surface area contributed by atoms with Crippen molar-refractivity contribution in [2.45, 2.75) is 19.4 Å². The highest BCUT2D eigenvalue weighted by molar-refractivity contribution is 7.10. The Kier molecular flexibility index (Phi) is 7.10. The van der Waals surface area contributed by atoms with Crippen molar-refractivity contribution in [1.82, 2.24) is 15.5 Å². The second kappa shape index (κ2) is 9.97. The highest BCUT2D eigenvalue weighted by atomic mass is 32.1. The minimum atomic E-state index is 0.0993. The monoisotopic (exact) mass is 386 g/mol. The lowest BCUT2D eigenvalue weighted by molar-refractivity contribution is -0.130. The molecule has 3 rings (SSSR count). The molecule has 1 amide bonds. The number of nitrogens with one attached hydrogen (secondary N) is 2. The molecule has 0 bridgehead atoms. The van der Waals surface area contributed by atoms with Gasteiger partial charge in [0.05, 0.1) is 13.2 Å². The largest absolute Gasteiger partial charge is 0.494 e. The van der Waals surface area contributed by atoms with Crippen LogP contribution in [-0.2, 0) is 17.8 Å². The van der Waals surface area contributed by atoms with Crippen LogP contribution in [0.25, 0.3) is 0 Å². The predicted octanol–water partition coefficient (Wildman–Crippen LogP) is 2.27. The molecule has 0 radical (unpaired) electrons. The lowest BCUT2D eigenvalue weighted by atomic mass is 10.1. The molecule has 6 nitrogen and oxygen atoms in total. The molecule has 0 saturated heterocycles. The number of amides is 1. The summed E-state index contributed by atoms with van der Waals surface area (Å²) in [4.78, 5) is 19.9. The first-order chi connectivity index (χ1) is 13.3. The number of thiophene rings is 1. The van der Waals surface area contributed by atoms with E-state index in [4.69, 9.17) is 4.74 Å². The lowest BCUT2D eigenvalue weighted by Gasteiger charge is -2.27. The van der Waals surface area contributed by atoms with Gasteiger partial charge in [-0.05, 0) is 42.0 Å². The lowest BCUT2D eigenvalue weighted by Crippen LogP contribution is -2.46. The summed E-state index contributed by atoms with van der Waals surface area (Å²) in [6.07, 6.45) is 1.80. The molecule has 0 saturated carbocycles. The van der Waals surface area contributed by atoms with Gasteiger partial charge in [0, 0.05) is 31.6 Å². The molecule has 2 aromatic rings. The Morgan fingerprint density at radius 3 is 2.93 bits per heavy atom. The van der Waals surface area contributed by atoms with Crippen molar-refractivity contribution in [2.75, 3.05) is 33.3 Å². The van der Waals surface area contributed by atoms with Gasteiger partial charge in [0.2, 0.25) is 5.91 Å². The molecule has 0 aliphatic carbocycles. The van der Waals surface area contributed by atoms with E-state index in [1.54, 1.807) is 18.4 Å². The number of benzene rings is 1. The third kappa shape index (κ3) is 5.72. The zero-order valence-corrected chi connectivity index (χ0v) is 16.4. The molecule has 1 aliphatic heterocycles. The van der Waals surface area contributed by atoms with E-state index >= 15 is 0 Å². The summed E-state index contributed by atoms with van der Waals surface area (Å²) in [5.74, 6) is 1.61. The molecule has 2 N–H and O–H groups in total. The van der Waals surface area contributed by atoms with E-state index in [-0.39, 0.29) is 12.5 Å². The number of para-hydroxylation sites is 1. The van der Waals surface area contributed by atoms with Crippen LogP contribution in [0, 0.1) is 0 Å². The van der Waals surface area contributed by atoms with Crippen molar-refractivity contribution in [3.8, 4) is 5.75 Å². The first kappa shape index (κ1) is 19.2. The summed E-state index contributed by atoms with van der Waals surface area (Å²) < 4.78 is 5.66. The summed E-state index contributed by atoms with van der Waals surface area (Å²) in [7, 11) is 1.71. The number of hydrogen-bond acceptors (Lipinski definition) is 4. The van der Waals surface area contributed by atoms with Gasteiger partial charge in [0.1, 0.15) is 5.75 Å². The number of carbonyl (C=O) groups is 1. The maximum absolute atomic E-state index is 12.4. The van der Waals surface area contributed by atoms with Gasteiger partial charge in [-0.25, -0.2) is 0 Å². The molecule has 0 unspecified atom stereocenters. The molecule has 2 heterocycles. The Morgan fingerprint density at radius 2 is 2.11 bits per heavy atom. The topological polar surface area (TPSA) is 66.0 Å². The van der Waals surface area contributed by atoms with Crippen LogP contribution >= 0.6 is 11.3 Å². The van der Waals surface area contributed by atoms with Crippen LogP contribution in [0.15, 0.2) is 46.8 Å². The van der Waals surface area contributed by atoms with Crippen molar-refractivity contribution in [3.05, 3.63) is 52.2 Å². The van der Waals surface area contributed by atoms with E-state index in [9.17, 15) is 4.79 Å². The van der Waals surface area contributed by atoms with E-state index in [2.05, 4.69) is 27.1 Å². The van der Waals surface area contributed by atoms with Gasteiger partial charge in [0.15, 0.2) is 5.96 Å². The van der Waals surface area contributed by atoms with Gasteiger partial charge in [-0.2, -0.15) is 0 Å².